The number of nitrogens with one attached hydrogen (secondary N) is 1. The van der Waals surface area contributed by atoms with Crippen molar-refractivity contribution in [2.24, 2.45) is 0 Å². The van der Waals surface area contributed by atoms with E-state index in [0.29, 0.717) is 17.0 Å². The van der Waals surface area contributed by atoms with E-state index in [-0.39, 0.29) is 18.2 Å². The highest BCUT2D eigenvalue weighted by Crippen LogP contribution is 2.15. The Balaban J connectivity index is 2.24. The fourth-order valence-corrected chi connectivity index (χ4v) is 2.18. The summed E-state index contributed by atoms with van der Waals surface area (Å²) in [5, 5.41) is 3.07. The van der Waals surface area contributed by atoms with E-state index in [2.05, 4.69) is 12.2 Å². The molecule has 0 saturated carbocycles. The van der Waals surface area contributed by atoms with Crippen molar-refractivity contribution < 1.29 is 9.59 Å². The number of carbonyl (C=O) groups excluding carboxylic acids is 2. The van der Waals surface area contributed by atoms with Gasteiger partial charge in [0.1, 0.15) is 0 Å². The normalized spacial score (nSPS) is 10.3. The number of unbranched alkanes of at least 4 members (excludes halogenated alkanes) is 4. The minimum Gasteiger partial charge on any atom is -0.349 e. The van der Waals surface area contributed by atoms with Crippen LogP contribution >= 0.6 is 11.6 Å². The van der Waals surface area contributed by atoms with Crippen molar-refractivity contribution in [1.29, 1.82) is 0 Å². The zero-order valence-corrected chi connectivity index (χ0v) is 12.7. The summed E-state index contributed by atoms with van der Waals surface area (Å²) >= 11 is 5.93. The molecule has 1 aromatic carbocycles. The lowest BCUT2D eigenvalue weighted by Crippen LogP contribution is -2.29. The summed E-state index contributed by atoms with van der Waals surface area (Å²) in [7, 11) is 0. The molecule has 0 bridgehead atoms. The molecule has 0 aliphatic rings. The summed E-state index contributed by atoms with van der Waals surface area (Å²) in [4.78, 5) is 23.5. The molecule has 110 valence electrons. The number of benzene rings is 1. The minimum atomic E-state index is -0.157. The van der Waals surface area contributed by atoms with E-state index in [1.54, 1.807) is 24.3 Å². The third-order valence-corrected chi connectivity index (χ3v) is 3.46. The van der Waals surface area contributed by atoms with Crippen LogP contribution in [0.15, 0.2) is 24.3 Å². The monoisotopic (exact) mass is 295 g/mol. The standard InChI is InChI=1S/C16H22ClNO2/c1-2-3-4-5-6-11-16(20)18-12-15(19)13-9-7-8-10-14(13)17/h7-10H,2-6,11-12H2,1H3,(H,18,20). The number of rotatable bonds is 9. The van der Waals surface area contributed by atoms with Gasteiger partial charge in [-0.2, -0.15) is 0 Å². The zero-order chi connectivity index (χ0) is 14.8. The number of carbonyl (C=O) groups is 2. The Morgan fingerprint density at radius 2 is 1.80 bits per heavy atom. The maximum Gasteiger partial charge on any atom is 0.220 e. The molecule has 1 rings (SSSR count). The van der Waals surface area contributed by atoms with Crippen LogP contribution in [-0.2, 0) is 4.79 Å². The van der Waals surface area contributed by atoms with Gasteiger partial charge in [0.05, 0.1) is 11.6 Å². The average Bonchev–Trinajstić information content (AvgIpc) is 2.45. The van der Waals surface area contributed by atoms with Gasteiger partial charge in [0, 0.05) is 12.0 Å². The summed E-state index contributed by atoms with van der Waals surface area (Å²) in [5.74, 6) is -0.225. The molecular formula is C16H22ClNO2. The summed E-state index contributed by atoms with van der Waals surface area (Å²) in [5.41, 5.74) is 0.456. The van der Waals surface area contributed by atoms with Crippen molar-refractivity contribution >= 4 is 23.3 Å². The lowest BCUT2D eigenvalue weighted by Gasteiger charge is -2.06. The van der Waals surface area contributed by atoms with Gasteiger partial charge in [0.25, 0.3) is 0 Å². The molecule has 0 atom stereocenters. The van der Waals surface area contributed by atoms with Gasteiger partial charge >= 0.3 is 0 Å². The van der Waals surface area contributed by atoms with Crippen LogP contribution in [0.4, 0.5) is 0 Å². The van der Waals surface area contributed by atoms with E-state index < -0.39 is 0 Å². The number of hydrogen-bond acceptors (Lipinski definition) is 2. The molecule has 3 nitrogen and oxygen atoms in total. The molecule has 4 heteroatoms. The van der Waals surface area contributed by atoms with Gasteiger partial charge in [0.2, 0.25) is 5.91 Å². The molecule has 1 N–H and O–H groups in total. The second-order valence-electron chi connectivity index (χ2n) is 4.84. The summed E-state index contributed by atoms with van der Waals surface area (Å²) in [6, 6.07) is 6.87. The highest BCUT2D eigenvalue weighted by atomic mass is 35.5. The smallest absolute Gasteiger partial charge is 0.220 e. The Morgan fingerprint density at radius 3 is 2.50 bits per heavy atom. The van der Waals surface area contributed by atoms with E-state index in [0.717, 1.165) is 12.8 Å². The molecular weight excluding hydrogens is 274 g/mol. The van der Waals surface area contributed by atoms with Gasteiger partial charge in [0.15, 0.2) is 5.78 Å². The summed E-state index contributed by atoms with van der Waals surface area (Å²) in [6.07, 6.45) is 6.01. The molecule has 0 spiro atoms. The Bertz CT molecular complexity index is 446. The molecule has 0 aliphatic heterocycles. The van der Waals surface area contributed by atoms with Crippen molar-refractivity contribution in [3.63, 3.8) is 0 Å². The van der Waals surface area contributed by atoms with E-state index in [4.69, 9.17) is 11.6 Å². The molecule has 20 heavy (non-hydrogen) atoms. The highest BCUT2D eigenvalue weighted by molar-refractivity contribution is 6.34. The van der Waals surface area contributed by atoms with Gasteiger partial charge in [-0.3, -0.25) is 9.59 Å². The first kappa shape index (κ1) is 16.7. The van der Waals surface area contributed by atoms with Crippen LogP contribution < -0.4 is 5.32 Å². The maximum atomic E-state index is 11.9. The minimum absolute atomic E-state index is 0.0114. The van der Waals surface area contributed by atoms with Gasteiger partial charge in [-0.25, -0.2) is 0 Å². The summed E-state index contributed by atoms with van der Waals surface area (Å²) in [6.45, 7) is 2.17. The molecule has 0 saturated heterocycles. The van der Waals surface area contributed by atoms with Crippen LogP contribution in [0.3, 0.4) is 0 Å². The van der Waals surface area contributed by atoms with Gasteiger partial charge in [-0.15, -0.1) is 0 Å². The van der Waals surface area contributed by atoms with Crippen molar-refractivity contribution in [3.05, 3.63) is 34.9 Å². The number of hydrogen-bond donors (Lipinski definition) is 1. The van der Waals surface area contributed by atoms with E-state index in [9.17, 15) is 9.59 Å². The number of ketones is 1. The highest BCUT2D eigenvalue weighted by Gasteiger charge is 2.10. The second-order valence-corrected chi connectivity index (χ2v) is 5.25. The van der Waals surface area contributed by atoms with Crippen molar-refractivity contribution in [2.45, 2.75) is 45.4 Å². The lowest BCUT2D eigenvalue weighted by atomic mass is 10.1. The number of halogens is 1. The van der Waals surface area contributed by atoms with E-state index in [1.807, 2.05) is 0 Å². The third-order valence-electron chi connectivity index (χ3n) is 3.13. The van der Waals surface area contributed by atoms with Crippen molar-refractivity contribution in [3.8, 4) is 0 Å². The first-order valence-corrected chi connectivity index (χ1v) is 7.57. The summed E-state index contributed by atoms with van der Waals surface area (Å²) < 4.78 is 0. The molecule has 0 aliphatic carbocycles. The third kappa shape index (κ3) is 6.20. The van der Waals surface area contributed by atoms with Crippen molar-refractivity contribution in [2.75, 3.05) is 6.54 Å². The van der Waals surface area contributed by atoms with E-state index >= 15 is 0 Å². The fourth-order valence-electron chi connectivity index (χ4n) is 1.94. The molecule has 0 radical (unpaired) electrons. The lowest BCUT2D eigenvalue weighted by molar-refractivity contribution is -0.121. The largest absolute Gasteiger partial charge is 0.349 e. The van der Waals surface area contributed by atoms with Crippen molar-refractivity contribution in [1.82, 2.24) is 5.32 Å². The number of amides is 1. The molecule has 1 amide bonds. The van der Waals surface area contributed by atoms with Crippen LogP contribution in [0, 0.1) is 0 Å². The SMILES string of the molecule is CCCCCCCC(=O)NCC(=O)c1ccccc1Cl. The number of Topliss-reactive ketones (excluding diaryl/α,β-unsaturated/α-hetero) is 1. The molecule has 0 fully saturated rings. The van der Waals surface area contributed by atoms with Gasteiger partial charge in [-0.1, -0.05) is 56.3 Å². The molecule has 1 aromatic rings. The maximum absolute atomic E-state index is 11.9. The first-order valence-electron chi connectivity index (χ1n) is 7.19. The predicted octanol–water partition coefficient (Wildman–Crippen LogP) is 4.00. The first-order chi connectivity index (χ1) is 9.65. The Morgan fingerprint density at radius 1 is 1.10 bits per heavy atom. The Kier molecular flexibility index (Phi) is 7.97. The second kappa shape index (κ2) is 9.54. The Labute approximate surface area is 125 Å². The zero-order valence-electron chi connectivity index (χ0n) is 12.0. The van der Waals surface area contributed by atoms with Crippen LogP contribution in [-0.4, -0.2) is 18.2 Å². The quantitative estimate of drug-likeness (QED) is 0.553. The topological polar surface area (TPSA) is 46.2 Å². The molecule has 0 aromatic heterocycles. The van der Waals surface area contributed by atoms with Crippen LogP contribution in [0.2, 0.25) is 5.02 Å². The predicted molar refractivity (Wildman–Crippen MR) is 82.2 cm³/mol. The molecule has 0 heterocycles. The van der Waals surface area contributed by atoms with Gasteiger partial charge in [-0.05, 0) is 18.6 Å². The van der Waals surface area contributed by atoms with Crippen LogP contribution in [0.1, 0.15) is 55.8 Å². The van der Waals surface area contributed by atoms with E-state index in [1.165, 1.54) is 19.3 Å². The van der Waals surface area contributed by atoms with Crippen LogP contribution in [0.25, 0.3) is 0 Å². The fraction of sp³-hybridized carbons (Fsp3) is 0.500. The van der Waals surface area contributed by atoms with Gasteiger partial charge < -0.3 is 5.32 Å². The van der Waals surface area contributed by atoms with Crippen LogP contribution in [0.5, 0.6) is 0 Å². The Hall–Kier alpha value is -1.35. The average molecular weight is 296 g/mol. The molecule has 0 unspecified atom stereocenters.